The van der Waals surface area contributed by atoms with Gasteiger partial charge in [0.05, 0.1) is 16.9 Å². The topological polar surface area (TPSA) is 68.5 Å². The number of nitrogens with two attached hydrogens (primary N) is 1. The summed E-state index contributed by atoms with van der Waals surface area (Å²) in [4.78, 5) is 0. The van der Waals surface area contributed by atoms with E-state index in [9.17, 15) is 0 Å². The fraction of sp³-hybridized carbons (Fsp3) is 0.500. The van der Waals surface area contributed by atoms with Crippen molar-refractivity contribution >= 4 is 18.9 Å². The van der Waals surface area contributed by atoms with Crippen molar-refractivity contribution in [2.24, 2.45) is 5.84 Å². The number of hydrogen-bond donors (Lipinski definition) is 3. The van der Waals surface area contributed by atoms with Crippen LogP contribution >= 0.6 is 0 Å². The van der Waals surface area contributed by atoms with E-state index in [1.54, 1.807) is 0 Å². The van der Waals surface area contributed by atoms with E-state index >= 15 is 0 Å². The maximum Gasteiger partial charge on any atom is 0.491 e. The molecule has 22 heavy (non-hydrogen) atoms. The molecule has 2 rings (SSSR count). The molecule has 6 heteroatoms. The van der Waals surface area contributed by atoms with Gasteiger partial charge in [0.2, 0.25) is 0 Å². The zero-order valence-electron chi connectivity index (χ0n) is 14.1. The second kappa shape index (κ2) is 6.42. The Morgan fingerprint density at radius 1 is 1.18 bits per heavy atom. The first kappa shape index (κ1) is 17.0. The highest BCUT2D eigenvalue weighted by Crippen LogP contribution is 2.38. The molecule has 0 aromatic heterocycles. The number of anilines is 1. The van der Waals surface area contributed by atoms with Crippen molar-refractivity contribution < 1.29 is 9.31 Å². The van der Waals surface area contributed by atoms with Gasteiger partial charge in [-0.1, -0.05) is 24.3 Å². The molecule has 4 N–H and O–H groups in total. The maximum absolute atomic E-state index is 6.14. The molecule has 0 amide bonds. The molecule has 1 fully saturated rings. The SMILES string of the molecule is CNCC(=Cc1ccccc1NN)B1OC(C)(C)C(C)(C)O1. The second-order valence-corrected chi connectivity index (χ2v) is 6.57. The van der Waals surface area contributed by atoms with Crippen molar-refractivity contribution in [2.45, 2.75) is 38.9 Å². The van der Waals surface area contributed by atoms with Crippen molar-refractivity contribution in [1.29, 1.82) is 0 Å². The van der Waals surface area contributed by atoms with E-state index < -0.39 is 0 Å². The first-order valence-electron chi connectivity index (χ1n) is 7.57. The van der Waals surface area contributed by atoms with E-state index in [1.165, 1.54) is 0 Å². The molecule has 1 aliphatic rings. The number of benzene rings is 1. The zero-order valence-corrected chi connectivity index (χ0v) is 14.1. The largest absolute Gasteiger partial charge is 0.491 e. The molecule has 120 valence electrons. The van der Waals surface area contributed by atoms with Gasteiger partial charge in [0.1, 0.15) is 0 Å². The van der Waals surface area contributed by atoms with E-state index in [-0.39, 0.29) is 18.3 Å². The van der Waals surface area contributed by atoms with Gasteiger partial charge in [0.15, 0.2) is 0 Å². The lowest BCUT2D eigenvalue weighted by atomic mass is 9.77. The number of likely N-dealkylation sites (N-methyl/N-ethyl adjacent to an activating group) is 1. The predicted molar refractivity (Wildman–Crippen MR) is 92.2 cm³/mol. The van der Waals surface area contributed by atoms with Crippen molar-refractivity contribution in [3.63, 3.8) is 0 Å². The van der Waals surface area contributed by atoms with Crippen LogP contribution in [0.1, 0.15) is 33.3 Å². The van der Waals surface area contributed by atoms with Crippen molar-refractivity contribution in [3.05, 3.63) is 35.3 Å². The lowest BCUT2D eigenvalue weighted by Crippen LogP contribution is -2.41. The summed E-state index contributed by atoms with van der Waals surface area (Å²) in [5.74, 6) is 5.58. The Hall–Kier alpha value is -1.34. The van der Waals surface area contributed by atoms with Gasteiger partial charge >= 0.3 is 7.12 Å². The van der Waals surface area contributed by atoms with Crippen LogP contribution in [-0.2, 0) is 9.31 Å². The van der Waals surface area contributed by atoms with Crippen molar-refractivity contribution in [1.82, 2.24) is 5.32 Å². The number of hydrogen-bond acceptors (Lipinski definition) is 5. The van der Waals surface area contributed by atoms with Gasteiger partial charge in [0.25, 0.3) is 0 Å². The average Bonchev–Trinajstić information content (AvgIpc) is 2.67. The lowest BCUT2D eigenvalue weighted by molar-refractivity contribution is 0.00578. The number of para-hydroxylation sites is 1. The molecular formula is C16H26BN3O2. The van der Waals surface area contributed by atoms with Gasteiger partial charge in [-0.25, -0.2) is 0 Å². The number of nitrogen functional groups attached to an aromatic ring is 1. The molecular weight excluding hydrogens is 277 g/mol. The van der Waals surface area contributed by atoms with Crippen molar-refractivity contribution in [2.75, 3.05) is 19.0 Å². The standard InChI is InChI=1S/C16H26BN3O2/c1-15(2)16(3,4)22-17(21-15)13(11-19-5)10-12-8-6-7-9-14(12)20-18/h6-10,19-20H,11,18H2,1-5H3. The van der Waals surface area contributed by atoms with Crippen LogP contribution in [0.3, 0.4) is 0 Å². The van der Waals surface area contributed by atoms with E-state index in [1.807, 2.05) is 31.3 Å². The summed E-state index contributed by atoms with van der Waals surface area (Å²) in [6, 6.07) is 7.87. The van der Waals surface area contributed by atoms with E-state index in [0.717, 1.165) is 16.7 Å². The van der Waals surface area contributed by atoms with Crippen LogP contribution < -0.4 is 16.6 Å². The number of rotatable bonds is 5. The molecule has 0 saturated carbocycles. The quantitative estimate of drug-likeness (QED) is 0.442. The minimum Gasteiger partial charge on any atom is -0.400 e. The summed E-state index contributed by atoms with van der Waals surface area (Å²) in [6.45, 7) is 8.90. The Bertz CT molecular complexity index is 542. The molecule has 1 aromatic carbocycles. The molecule has 0 atom stereocenters. The lowest BCUT2D eigenvalue weighted by Gasteiger charge is -2.32. The highest BCUT2D eigenvalue weighted by Gasteiger charge is 2.52. The summed E-state index contributed by atoms with van der Waals surface area (Å²) >= 11 is 0. The second-order valence-electron chi connectivity index (χ2n) is 6.57. The molecule has 5 nitrogen and oxygen atoms in total. The maximum atomic E-state index is 6.14. The van der Waals surface area contributed by atoms with Gasteiger partial charge in [-0.2, -0.15) is 0 Å². The zero-order chi connectivity index (χ0) is 16.4. The van der Waals surface area contributed by atoms with Gasteiger partial charge in [0, 0.05) is 6.54 Å². The van der Waals surface area contributed by atoms with Crippen LogP contribution in [0, 0.1) is 0 Å². The summed E-state index contributed by atoms with van der Waals surface area (Å²) in [7, 11) is 1.54. The molecule has 0 bridgehead atoms. The van der Waals surface area contributed by atoms with Gasteiger partial charge in [-0.3, -0.25) is 5.84 Å². The normalized spacial score (nSPS) is 20.3. The van der Waals surface area contributed by atoms with Gasteiger partial charge in [-0.05, 0) is 51.8 Å². The summed E-state index contributed by atoms with van der Waals surface area (Å²) < 4.78 is 12.3. The van der Waals surface area contributed by atoms with Crippen LogP contribution in [0.2, 0.25) is 0 Å². The molecule has 1 aromatic rings. The summed E-state index contributed by atoms with van der Waals surface area (Å²) in [6.07, 6.45) is 2.06. The van der Waals surface area contributed by atoms with Crippen LogP contribution in [0.5, 0.6) is 0 Å². The fourth-order valence-corrected chi connectivity index (χ4v) is 2.36. The van der Waals surface area contributed by atoms with Gasteiger partial charge < -0.3 is 20.1 Å². The van der Waals surface area contributed by atoms with Crippen LogP contribution in [0.4, 0.5) is 5.69 Å². The molecule has 0 radical (unpaired) electrons. The Morgan fingerprint density at radius 3 is 2.32 bits per heavy atom. The van der Waals surface area contributed by atoms with Crippen LogP contribution in [0.25, 0.3) is 6.08 Å². The minimum atomic E-state index is -0.372. The third-order valence-corrected chi connectivity index (χ3v) is 4.39. The molecule has 0 unspecified atom stereocenters. The van der Waals surface area contributed by atoms with E-state index in [4.69, 9.17) is 15.2 Å². The molecule has 0 spiro atoms. The molecule has 1 aliphatic heterocycles. The third-order valence-electron chi connectivity index (χ3n) is 4.39. The van der Waals surface area contributed by atoms with E-state index in [0.29, 0.717) is 6.54 Å². The minimum absolute atomic E-state index is 0.351. The van der Waals surface area contributed by atoms with Crippen molar-refractivity contribution in [3.8, 4) is 0 Å². The molecule has 0 aliphatic carbocycles. The Morgan fingerprint density at radius 2 is 1.77 bits per heavy atom. The highest BCUT2D eigenvalue weighted by molar-refractivity contribution is 6.56. The Kier molecular flexibility index (Phi) is 4.97. The monoisotopic (exact) mass is 303 g/mol. The summed E-state index contributed by atoms with van der Waals surface area (Å²) in [5, 5.41) is 3.18. The number of nitrogens with one attached hydrogen (secondary N) is 2. The summed E-state index contributed by atoms with van der Waals surface area (Å²) in [5.41, 5.74) is 4.92. The number of hydrazine groups is 1. The van der Waals surface area contributed by atoms with Crippen LogP contribution in [-0.4, -0.2) is 31.9 Å². The highest BCUT2D eigenvalue weighted by atomic mass is 16.7. The first-order valence-corrected chi connectivity index (χ1v) is 7.57. The third kappa shape index (κ3) is 3.36. The molecule has 1 heterocycles. The average molecular weight is 303 g/mol. The Balaban J connectivity index is 2.33. The van der Waals surface area contributed by atoms with E-state index in [2.05, 4.69) is 44.5 Å². The van der Waals surface area contributed by atoms with Gasteiger partial charge in [-0.15, -0.1) is 0 Å². The first-order chi connectivity index (χ1) is 10.3. The fourth-order valence-electron chi connectivity index (χ4n) is 2.36. The van der Waals surface area contributed by atoms with Crippen LogP contribution in [0.15, 0.2) is 29.7 Å². The Labute approximate surface area is 133 Å². The smallest absolute Gasteiger partial charge is 0.400 e. The predicted octanol–water partition coefficient (Wildman–Crippen LogP) is 2.21. The molecule has 1 saturated heterocycles.